The van der Waals surface area contributed by atoms with Crippen LogP contribution in [0.5, 0.6) is 0 Å². The van der Waals surface area contributed by atoms with Gasteiger partial charge in [0.05, 0.1) is 0 Å². The van der Waals surface area contributed by atoms with Crippen molar-refractivity contribution in [2.45, 2.75) is 31.7 Å². The molecule has 1 N–H and O–H groups in total. The van der Waals surface area contributed by atoms with Crippen LogP contribution in [0, 0.1) is 5.92 Å². The monoisotopic (exact) mass is 378 g/mol. The molecule has 0 unspecified atom stereocenters. The molecule has 0 spiro atoms. The number of rotatable bonds is 5. The number of hydrogen-bond donors (Lipinski definition) is 1. The van der Waals surface area contributed by atoms with Crippen LogP contribution in [-0.4, -0.2) is 54.6 Å². The first-order chi connectivity index (χ1) is 13.8. The summed E-state index contributed by atoms with van der Waals surface area (Å²) in [4.78, 5) is 21.8. The maximum Gasteiger partial charge on any atom is 0.251 e. The number of aromatic nitrogens is 1. The molecule has 5 nitrogen and oxygen atoms in total. The van der Waals surface area contributed by atoms with Crippen molar-refractivity contribution in [3.63, 3.8) is 0 Å². The standard InChI is InChI=1S/C23H30N4O/c28-23(20-6-2-1-3-7-20)25-21-11-9-19(10-12-21)18-26-14-16-27(17-15-26)22-8-4-5-13-24-22/h1-8,13,19,21H,9-12,14-18H2,(H,25,28). The molecule has 1 aromatic carbocycles. The van der Waals surface area contributed by atoms with E-state index in [1.165, 1.54) is 19.4 Å². The van der Waals surface area contributed by atoms with Crippen molar-refractivity contribution in [2.75, 3.05) is 37.6 Å². The van der Waals surface area contributed by atoms with Gasteiger partial charge in [-0.1, -0.05) is 24.3 Å². The maximum absolute atomic E-state index is 12.3. The Bertz CT molecular complexity index is 736. The lowest BCUT2D eigenvalue weighted by Gasteiger charge is -2.38. The van der Waals surface area contributed by atoms with Crippen LogP contribution < -0.4 is 10.2 Å². The summed E-state index contributed by atoms with van der Waals surface area (Å²) in [5, 5.41) is 3.22. The lowest BCUT2D eigenvalue weighted by Crippen LogP contribution is -2.48. The highest BCUT2D eigenvalue weighted by atomic mass is 16.1. The first-order valence-electron chi connectivity index (χ1n) is 10.5. The fourth-order valence-corrected chi connectivity index (χ4v) is 4.41. The molecular formula is C23H30N4O. The maximum atomic E-state index is 12.3. The Hall–Kier alpha value is -2.40. The Morgan fingerprint density at radius 2 is 1.64 bits per heavy atom. The van der Waals surface area contributed by atoms with Gasteiger partial charge in [0.15, 0.2) is 0 Å². The highest BCUT2D eigenvalue weighted by molar-refractivity contribution is 5.94. The predicted octanol–water partition coefficient (Wildman–Crippen LogP) is 3.19. The van der Waals surface area contributed by atoms with Gasteiger partial charge < -0.3 is 10.2 Å². The molecule has 4 rings (SSSR count). The largest absolute Gasteiger partial charge is 0.354 e. The molecule has 2 heterocycles. The van der Waals surface area contributed by atoms with E-state index in [0.717, 1.165) is 56.3 Å². The molecule has 1 amide bonds. The third-order valence-electron chi connectivity index (χ3n) is 6.08. The second kappa shape index (κ2) is 9.20. The van der Waals surface area contributed by atoms with Crippen LogP contribution in [0.1, 0.15) is 36.0 Å². The number of carbonyl (C=O) groups is 1. The molecule has 2 fully saturated rings. The number of benzene rings is 1. The number of pyridine rings is 1. The molecule has 1 aliphatic carbocycles. The van der Waals surface area contributed by atoms with E-state index < -0.39 is 0 Å². The van der Waals surface area contributed by atoms with Crippen molar-refractivity contribution in [1.82, 2.24) is 15.2 Å². The van der Waals surface area contributed by atoms with Gasteiger partial charge in [0.25, 0.3) is 5.91 Å². The van der Waals surface area contributed by atoms with Crippen molar-refractivity contribution in [3.8, 4) is 0 Å². The molecular weight excluding hydrogens is 348 g/mol. The number of piperazine rings is 1. The summed E-state index contributed by atoms with van der Waals surface area (Å²) in [5.41, 5.74) is 0.760. The van der Waals surface area contributed by atoms with Crippen LogP contribution in [0.2, 0.25) is 0 Å². The number of anilines is 1. The Morgan fingerprint density at radius 1 is 0.929 bits per heavy atom. The van der Waals surface area contributed by atoms with Gasteiger partial charge in [-0.05, 0) is 55.9 Å². The minimum atomic E-state index is 0.0645. The number of amides is 1. The van der Waals surface area contributed by atoms with Gasteiger partial charge in [0, 0.05) is 50.5 Å². The molecule has 1 saturated heterocycles. The van der Waals surface area contributed by atoms with Gasteiger partial charge in [-0.2, -0.15) is 0 Å². The molecule has 0 atom stereocenters. The Balaban J connectivity index is 1.18. The van der Waals surface area contributed by atoms with Gasteiger partial charge in [0.1, 0.15) is 5.82 Å². The van der Waals surface area contributed by atoms with Gasteiger partial charge in [0.2, 0.25) is 0 Å². The SMILES string of the molecule is O=C(NC1CCC(CN2CCN(c3ccccn3)CC2)CC1)c1ccccc1. The zero-order valence-corrected chi connectivity index (χ0v) is 16.5. The predicted molar refractivity (Wildman–Crippen MR) is 113 cm³/mol. The average molecular weight is 379 g/mol. The molecule has 28 heavy (non-hydrogen) atoms. The van der Waals surface area contributed by atoms with Crippen molar-refractivity contribution in [2.24, 2.45) is 5.92 Å². The number of nitrogens with zero attached hydrogens (tertiary/aromatic N) is 3. The molecule has 2 aromatic rings. The van der Waals surface area contributed by atoms with Crippen LogP contribution >= 0.6 is 0 Å². The molecule has 148 valence electrons. The van der Waals surface area contributed by atoms with E-state index in [-0.39, 0.29) is 5.91 Å². The molecule has 0 radical (unpaired) electrons. The summed E-state index contributed by atoms with van der Waals surface area (Å²) >= 11 is 0. The average Bonchev–Trinajstić information content (AvgIpc) is 2.77. The Morgan fingerprint density at radius 3 is 2.32 bits per heavy atom. The second-order valence-electron chi connectivity index (χ2n) is 8.03. The highest BCUT2D eigenvalue weighted by Crippen LogP contribution is 2.26. The molecule has 0 bridgehead atoms. The van der Waals surface area contributed by atoms with Crippen LogP contribution in [0.3, 0.4) is 0 Å². The normalized spacial score (nSPS) is 23.4. The highest BCUT2D eigenvalue weighted by Gasteiger charge is 2.26. The number of carbonyl (C=O) groups excluding carboxylic acids is 1. The van der Waals surface area contributed by atoms with Crippen LogP contribution in [0.25, 0.3) is 0 Å². The zero-order chi connectivity index (χ0) is 19.2. The molecule has 2 aliphatic rings. The zero-order valence-electron chi connectivity index (χ0n) is 16.5. The summed E-state index contributed by atoms with van der Waals surface area (Å²) in [6, 6.07) is 16.0. The van der Waals surface area contributed by atoms with E-state index in [4.69, 9.17) is 0 Å². The number of nitrogens with one attached hydrogen (secondary N) is 1. The van der Waals surface area contributed by atoms with Crippen LogP contribution in [-0.2, 0) is 0 Å². The summed E-state index contributed by atoms with van der Waals surface area (Å²) in [7, 11) is 0. The van der Waals surface area contributed by atoms with Gasteiger partial charge in [-0.3, -0.25) is 9.69 Å². The van der Waals surface area contributed by atoms with Crippen molar-refractivity contribution in [3.05, 3.63) is 60.3 Å². The van der Waals surface area contributed by atoms with Gasteiger partial charge >= 0.3 is 0 Å². The summed E-state index contributed by atoms with van der Waals surface area (Å²) < 4.78 is 0. The van der Waals surface area contributed by atoms with E-state index >= 15 is 0 Å². The van der Waals surface area contributed by atoms with E-state index in [9.17, 15) is 4.79 Å². The fourth-order valence-electron chi connectivity index (χ4n) is 4.41. The fraction of sp³-hybridized carbons (Fsp3) is 0.478. The minimum absolute atomic E-state index is 0.0645. The van der Waals surface area contributed by atoms with E-state index in [2.05, 4.69) is 32.2 Å². The molecule has 1 saturated carbocycles. The quantitative estimate of drug-likeness (QED) is 0.868. The summed E-state index contributed by atoms with van der Waals surface area (Å²) in [5.74, 6) is 1.91. The Kier molecular flexibility index (Phi) is 6.22. The van der Waals surface area contributed by atoms with Gasteiger partial charge in [-0.15, -0.1) is 0 Å². The molecule has 1 aromatic heterocycles. The van der Waals surface area contributed by atoms with Crippen molar-refractivity contribution >= 4 is 11.7 Å². The van der Waals surface area contributed by atoms with Crippen molar-refractivity contribution < 1.29 is 4.79 Å². The van der Waals surface area contributed by atoms with Crippen LogP contribution in [0.15, 0.2) is 54.7 Å². The van der Waals surface area contributed by atoms with E-state index in [1.54, 1.807) is 0 Å². The molecule has 5 heteroatoms. The summed E-state index contributed by atoms with van der Waals surface area (Å²) in [6.45, 7) is 5.52. The lowest BCUT2D eigenvalue weighted by molar-refractivity contribution is 0.0916. The lowest BCUT2D eigenvalue weighted by atomic mass is 9.85. The number of hydrogen-bond acceptors (Lipinski definition) is 4. The van der Waals surface area contributed by atoms with E-state index in [0.29, 0.717) is 6.04 Å². The minimum Gasteiger partial charge on any atom is -0.354 e. The van der Waals surface area contributed by atoms with Gasteiger partial charge in [-0.25, -0.2) is 4.98 Å². The first kappa shape index (κ1) is 18.9. The Labute approximate surface area is 167 Å². The smallest absolute Gasteiger partial charge is 0.251 e. The third kappa shape index (κ3) is 4.90. The third-order valence-corrected chi connectivity index (χ3v) is 6.08. The van der Waals surface area contributed by atoms with Crippen molar-refractivity contribution in [1.29, 1.82) is 0 Å². The topological polar surface area (TPSA) is 48.5 Å². The van der Waals surface area contributed by atoms with Crippen LogP contribution in [0.4, 0.5) is 5.82 Å². The summed E-state index contributed by atoms with van der Waals surface area (Å²) in [6.07, 6.45) is 6.48. The van der Waals surface area contributed by atoms with E-state index in [1.807, 2.05) is 42.6 Å². The molecule has 1 aliphatic heterocycles. The second-order valence-corrected chi connectivity index (χ2v) is 8.03. The first-order valence-corrected chi connectivity index (χ1v) is 10.5.